The lowest BCUT2D eigenvalue weighted by atomic mass is 9.83. The molecule has 0 radical (unpaired) electrons. The maximum absolute atomic E-state index is 13.4. The number of piperazine rings is 1. The van der Waals surface area contributed by atoms with Gasteiger partial charge in [-0.2, -0.15) is 0 Å². The molecule has 1 aromatic heterocycles. The number of aryl methyl sites for hydroxylation is 1. The minimum Gasteiger partial charge on any atom is -0.494 e. The monoisotopic (exact) mass is 593 g/mol. The minimum atomic E-state index is -0.547. The van der Waals surface area contributed by atoms with Crippen LogP contribution in [-0.4, -0.2) is 89.3 Å². The van der Waals surface area contributed by atoms with E-state index in [0.29, 0.717) is 77.0 Å². The number of aromatic hydroxyl groups is 1. The normalized spacial score (nSPS) is 17.1. The number of benzene rings is 3. The Bertz CT molecular complexity index is 1770. The van der Waals surface area contributed by atoms with Crippen LogP contribution in [-0.2, 0) is 9.53 Å². The highest BCUT2D eigenvalue weighted by atomic mass is 16.5. The average molecular weight is 594 g/mol. The molecule has 0 unspecified atom stereocenters. The fourth-order valence-electron chi connectivity index (χ4n) is 6.33. The van der Waals surface area contributed by atoms with Crippen LogP contribution < -0.4 is 5.32 Å². The molecule has 2 amide bonds. The number of hydrogen-bond acceptors (Lipinski definition) is 7. The second kappa shape index (κ2) is 11.6. The zero-order chi connectivity index (χ0) is 31.0. The molecule has 6 rings (SSSR count). The molecule has 0 saturated carbocycles. The van der Waals surface area contributed by atoms with Crippen molar-refractivity contribution in [1.29, 1.82) is 0 Å². The summed E-state index contributed by atoms with van der Waals surface area (Å²) in [6, 6.07) is 20.1. The molecule has 0 bridgehead atoms. The van der Waals surface area contributed by atoms with E-state index in [1.165, 1.54) is 7.11 Å². The third kappa shape index (κ3) is 5.11. The topological polar surface area (TPSA) is 127 Å². The van der Waals surface area contributed by atoms with Gasteiger partial charge in [0.15, 0.2) is 5.88 Å². The molecule has 4 aromatic rings. The van der Waals surface area contributed by atoms with E-state index in [9.17, 15) is 19.5 Å². The van der Waals surface area contributed by atoms with Gasteiger partial charge in [-0.05, 0) is 68.8 Å². The first kappa shape index (κ1) is 29.1. The summed E-state index contributed by atoms with van der Waals surface area (Å²) in [5.41, 5.74) is 4.13. The fraction of sp³-hybridized carbons (Fsp3) is 0.294. The number of nitrogens with one attached hydrogen (secondary N) is 2. The second-order valence-corrected chi connectivity index (χ2v) is 11.4. The third-order valence-electron chi connectivity index (χ3n) is 8.93. The van der Waals surface area contributed by atoms with Crippen molar-refractivity contribution in [3.05, 3.63) is 94.5 Å². The maximum Gasteiger partial charge on any atom is 0.338 e. The number of likely N-dealkylation sites (tertiary alicyclic amines) is 1. The Balaban J connectivity index is 1.30. The van der Waals surface area contributed by atoms with Gasteiger partial charge in [-0.1, -0.05) is 30.3 Å². The lowest BCUT2D eigenvalue weighted by Crippen LogP contribution is -2.67. The van der Waals surface area contributed by atoms with E-state index in [2.05, 4.69) is 15.2 Å². The quantitative estimate of drug-likeness (QED) is 0.236. The molecular formula is C34H35N5O5. The zero-order valence-corrected chi connectivity index (χ0v) is 25.0. The van der Waals surface area contributed by atoms with Crippen LogP contribution in [0.3, 0.4) is 0 Å². The molecule has 3 N–H and O–H groups in total. The van der Waals surface area contributed by atoms with E-state index in [0.717, 1.165) is 12.1 Å². The molecule has 1 spiro atoms. The first-order valence-electron chi connectivity index (χ1n) is 14.7. The number of aromatic amines is 1. The Labute approximate surface area is 255 Å². The van der Waals surface area contributed by atoms with Gasteiger partial charge >= 0.3 is 5.97 Å². The minimum absolute atomic E-state index is 0.0510. The second-order valence-electron chi connectivity index (χ2n) is 11.4. The average Bonchev–Trinajstić information content (AvgIpc) is 3.36. The molecule has 2 aliphatic rings. The van der Waals surface area contributed by atoms with E-state index in [1.807, 2.05) is 55.3 Å². The van der Waals surface area contributed by atoms with Crippen LogP contribution in [0.4, 0.5) is 5.69 Å². The SMILES string of the molecule is COC(=O)c1cc2[nH]c(O)c(C(=Nc3ccc(C(=O)N4CCC5(CC4)C(=O)NCCN5C)cc3)c3ccccc3)c2cc1C. The van der Waals surface area contributed by atoms with Gasteiger partial charge in [-0.3, -0.25) is 14.5 Å². The van der Waals surface area contributed by atoms with Crippen molar-refractivity contribution in [2.24, 2.45) is 4.99 Å². The van der Waals surface area contributed by atoms with Gasteiger partial charge in [0, 0.05) is 48.2 Å². The van der Waals surface area contributed by atoms with Crippen LogP contribution in [0.2, 0.25) is 0 Å². The number of carbonyl (C=O) groups excluding carboxylic acids is 3. The Morgan fingerprint density at radius 3 is 2.34 bits per heavy atom. The number of amides is 2. The van der Waals surface area contributed by atoms with Gasteiger partial charge in [0.2, 0.25) is 5.91 Å². The van der Waals surface area contributed by atoms with Crippen LogP contribution in [0.1, 0.15) is 50.2 Å². The predicted octanol–water partition coefficient (Wildman–Crippen LogP) is 4.17. The molecular weight excluding hydrogens is 558 g/mol. The van der Waals surface area contributed by atoms with Crippen LogP contribution in [0.5, 0.6) is 5.88 Å². The highest BCUT2D eigenvalue weighted by Crippen LogP contribution is 2.34. The number of rotatable bonds is 5. The molecule has 3 heterocycles. The van der Waals surface area contributed by atoms with Gasteiger partial charge in [0.1, 0.15) is 5.54 Å². The first-order valence-corrected chi connectivity index (χ1v) is 14.7. The molecule has 10 nitrogen and oxygen atoms in total. The number of methoxy groups -OCH3 is 1. The molecule has 226 valence electrons. The van der Waals surface area contributed by atoms with Crippen molar-refractivity contribution in [2.45, 2.75) is 25.3 Å². The maximum atomic E-state index is 13.4. The summed E-state index contributed by atoms with van der Waals surface area (Å²) in [5, 5.41) is 14.8. The van der Waals surface area contributed by atoms with Crippen LogP contribution >= 0.6 is 0 Å². The van der Waals surface area contributed by atoms with Gasteiger partial charge in [-0.15, -0.1) is 0 Å². The standard InChI is InChI=1S/C34H35N5O5/c1-21-19-26-27(20-25(21)32(42)44-3)37-30(40)28(26)29(22-7-5-4-6-8-22)36-24-11-9-23(10-12-24)31(41)39-16-13-34(14-17-39)33(43)35-15-18-38(34)2/h4-12,19-20,37,40H,13-18H2,1-3H3,(H,35,43). The number of aliphatic imine (C=N–C) groups is 1. The Hall–Kier alpha value is -4.96. The Morgan fingerprint density at radius 1 is 0.977 bits per heavy atom. The van der Waals surface area contributed by atoms with Crippen molar-refractivity contribution in [1.82, 2.24) is 20.1 Å². The van der Waals surface area contributed by atoms with E-state index < -0.39 is 11.5 Å². The van der Waals surface area contributed by atoms with E-state index >= 15 is 0 Å². The van der Waals surface area contributed by atoms with E-state index in [1.54, 1.807) is 30.3 Å². The lowest BCUT2D eigenvalue weighted by Gasteiger charge is -2.48. The molecule has 0 atom stereocenters. The van der Waals surface area contributed by atoms with Crippen LogP contribution in [0, 0.1) is 6.92 Å². The number of esters is 1. The molecule has 3 aromatic carbocycles. The van der Waals surface area contributed by atoms with Crippen molar-refractivity contribution in [3.8, 4) is 5.88 Å². The van der Waals surface area contributed by atoms with Gasteiger partial charge in [-0.25, -0.2) is 9.79 Å². The number of H-pyrrole nitrogens is 1. The van der Waals surface area contributed by atoms with Gasteiger partial charge < -0.3 is 25.0 Å². The third-order valence-corrected chi connectivity index (χ3v) is 8.93. The first-order chi connectivity index (χ1) is 21.2. The lowest BCUT2D eigenvalue weighted by molar-refractivity contribution is -0.139. The molecule has 2 aliphatic heterocycles. The number of likely N-dealkylation sites (N-methyl/N-ethyl adjacent to an activating group) is 1. The summed E-state index contributed by atoms with van der Waals surface area (Å²) < 4.78 is 4.91. The molecule has 2 saturated heterocycles. The summed E-state index contributed by atoms with van der Waals surface area (Å²) >= 11 is 0. The summed E-state index contributed by atoms with van der Waals surface area (Å²) in [7, 11) is 3.32. The number of ether oxygens (including phenoxy) is 1. The van der Waals surface area contributed by atoms with Gasteiger partial charge in [0.25, 0.3) is 5.91 Å². The highest BCUT2D eigenvalue weighted by molar-refractivity contribution is 6.22. The molecule has 44 heavy (non-hydrogen) atoms. The van der Waals surface area contributed by atoms with Crippen molar-refractivity contribution in [3.63, 3.8) is 0 Å². The summed E-state index contributed by atoms with van der Waals surface area (Å²) in [6.45, 7) is 4.28. The van der Waals surface area contributed by atoms with E-state index in [4.69, 9.17) is 9.73 Å². The number of hydrogen-bond donors (Lipinski definition) is 3. The Morgan fingerprint density at radius 2 is 1.68 bits per heavy atom. The zero-order valence-electron chi connectivity index (χ0n) is 25.0. The number of fused-ring (bicyclic) bond motifs is 1. The largest absolute Gasteiger partial charge is 0.494 e. The fourth-order valence-corrected chi connectivity index (χ4v) is 6.33. The predicted molar refractivity (Wildman–Crippen MR) is 168 cm³/mol. The smallest absolute Gasteiger partial charge is 0.338 e. The van der Waals surface area contributed by atoms with E-state index in [-0.39, 0.29) is 17.7 Å². The highest BCUT2D eigenvalue weighted by Gasteiger charge is 2.47. The van der Waals surface area contributed by atoms with Crippen molar-refractivity contribution in [2.75, 3.05) is 40.3 Å². The molecule has 10 heteroatoms. The van der Waals surface area contributed by atoms with Crippen molar-refractivity contribution >= 4 is 40.1 Å². The van der Waals surface area contributed by atoms with Gasteiger partial charge in [0.05, 0.1) is 29.6 Å². The van der Waals surface area contributed by atoms with Crippen LogP contribution in [0.25, 0.3) is 10.9 Å². The number of carbonyl (C=O) groups is 3. The number of nitrogens with zero attached hydrogens (tertiary/aromatic N) is 3. The number of aromatic nitrogens is 1. The Kier molecular flexibility index (Phi) is 7.69. The molecule has 2 fully saturated rings. The summed E-state index contributed by atoms with van der Waals surface area (Å²) in [6.07, 6.45) is 1.19. The number of piperidine rings is 1. The summed E-state index contributed by atoms with van der Waals surface area (Å²) in [5.74, 6) is -0.558. The van der Waals surface area contributed by atoms with Crippen molar-refractivity contribution < 1.29 is 24.2 Å². The summed E-state index contributed by atoms with van der Waals surface area (Å²) in [4.78, 5) is 50.2. The van der Waals surface area contributed by atoms with Crippen LogP contribution in [0.15, 0.2) is 71.7 Å². The molecule has 0 aliphatic carbocycles.